The van der Waals surface area contributed by atoms with Crippen LogP contribution in [0.3, 0.4) is 0 Å². The molecule has 1 N–H and O–H groups in total. The number of para-hydroxylation sites is 1. The van der Waals surface area contributed by atoms with Crippen LogP contribution in [0.25, 0.3) is 0 Å². The molecule has 0 spiro atoms. The number of benzene rings is 2. The first-order valence-electron chi connectivity index (χ1n) is 6.84. The molecule has 0 unspecified atom stereocenters. The van der Waals surface area contributed by atoms with E-state index in [0.717, 1.165) is 4.90 Å². The Morgan fingerprint density at radius 2 is 1.60 bits per heavy atom. The second-order valence-corrected chi connectivity index (χ2v) is 6.27. The summed E-state index contributed by atoms with van der Waals surface area (Å²) >= 11 is 17.7. The van der Waals surface area contributed by atoms with Crippen LogP contribution in [0, 0.1) is 11.6 Å². The van der Waals surface area contributed by atoms with Gasteiger partial charge in [0.15, 0.2) is 11.6 Å². The van der Waals surface area contributed by atoms with Crippen molar-refractivity contribution in [3.05, 3.63) is 62.6 Å². The van der Waals surface area contributed by atoms with Crippen molar-refractivity contribution in [3.8, 4) is 0 Å². The van der Waals surface area contributed by atoms with Gasteiger partial charge in [-0.3, -0.25) is 9.59 Å². The van der Waals surface area contributed by atoms with Crippen LogP contribution in [0.1, 0.15) is 10.4 Å². The number of carbonyl (C=O) groups is 2. The fourth-order valence-corrected chi connectivity index (χ4v) is 2.70. The first-order chi connectivity index (χ1) is 11.7. The molecule has 25 heavy (non-hydrogen) atoms. The predicted octanol–water partition coefficient (Wildman–Crippen LogP) is 4.64. The van der Waals surface area contributed by atoms with Crippen LogP contribution >= 0.6 is 34.8 Å². The summed E-state index contributed by atoms with van der Waals surface area (Å²) in [7, 11) is 1.31. The Morgan fingerprint density at radius 1 is 1.04 bits per heavy atom. The van der Waals surface area contributed by atoms with E-state index in [1.807, 2.05) is 0 Å². The second-order valence-electron chi connectivity index (χ2n) is 5.05. The topological polar surface area (TPSA) is 49.4 Å². The monoisotopic (exact) mass is 406 g/mol. The van der Waals surface area contributed by atoms with Crippen molar-refractivity contribution >= 4 is 52.3 Å². The van der Waals surface area contributed by atoms with Crippen LogP contribution in [0.2, 0.25) is 15.1 Å². The lowest BCUT2D eigenvalue weighted by molar-refractivity contribution is -0.116. The van der Waals surface area contributed by atoms with E-state index in [9.17, 15) is 18.4 Å². The molecule has 0 aliphatic heterocycles. The molecule has 9 heteroatoms. The van der Waals surface area contributed by atoms with Gasteiger partial charge in [0.25, 0.3) is 5.91 Å². The Labute approximate surface area is 157 Å². The first kappa shape index (κ1) is 19.4. The van der Waals surface area contributed by atoms with Gasteiger partial charge >= 0.3 is 0 Å². The van der Waals surface area contributed by atoms with E-state index in [2.05, 4.69) is 5.32 Å². The van der Waals surface area contributed by atoms with Gasteiger partial charge in [0, 0.05) is 7.05 Å². The average molecular weight is 408 g/mol. The number of nitrogens with zero attached hydrogens (tertiary/aromatic N) is 1. The minimum absolute atomic E-state index is 0.211. The quantitative estimate of drug-likeness (QED) is 0.751. The van der Waals surface area contributed by atoms with Crippen LogP contribution in [0.5, 0.6) is 0 Å². The van der Waals surface area contributed by atoms with Gasteiger partial charge in [-0.25, -0.2) is 8.78 Å². The maximum atomic E-state index is 13.3. The number of hydrogen-bond acceptors (Lipinski definition) is 2. The van der Waals surface area contributed by atoms with Gasteiger partial charge in [0.05, 0.1) is 32.9 Å². The molecule has 2 rings (SSSR count). The molecule has 0 saturated carbocycles. The molecule has 0 fully saturated rings. The van der Waals surface area contributed by atoms with E-state index in [1.54, 1.807) is 18.2 Å². The zero-order chi connectivity index (χ0) is 18.7. The maximum Gasteiger partial charge on any atom is 0.255 e. The van der Waals surface area contributed by atoms with Crippen molar-refractivity contribution in [1.29, 1.82) is 0 Å². The third-order valence-corrected chi connectivity index (χ3v) is 4.14. The van der Waals surface area contributed by atoms with Crippen LogP contribution in [-0.4, -0.2) is 30.3 Å². The number of hydrogen-bond donors (Lipinski definition) is 1. The molecule has 2 aromatic carbocycles. The molecule has 0 radical (unpaired) electrons. The van der Waals surface area contributed by atoms with Crippen LogP contribution < -0.4 is 5.32 Å². The normalized spacial score (nSPS) is 10.5. The average Bonchev–Trinajstić information content (AvgIpc) is 2.54. The molecule has 132 valence electrons. The van der Waals surface area contributed by atoms with E-state index < -0.39 is 23.4 Å². The number of carbonyl (C=O) groups excluding carboxylic acids is 2. The first-order valence-corrected chi connectivity index (χ1v) is 7.98. The van der Waals surface area contributed by atoms with Crippen LogP contribution in [0.4, 0.5) is 14.5 Å². The highest BCUT2D eigenvalue weighted by molar-refractivity contribution is 6.39. The Balaban J connectivity index is 2.11. The molecule has 4 nitrogen and oxygen atoms in total. The Hall–Kier alpha value is -1.89. The van der Waals surface area contributed by atoms with Crippen molar-refractivity contribution in [1.82, 2.24) is 4.90 Å². The summed E-state index contributed by atoms with van der Waals surface area (Å²) in [6.45, 7) is -0.379. The predicted molar refractivity (Wildman–Crippen MR) is 93.4 cm³/mol. The smallest absolute Gasteiger partial charge is 0.255 e. The van der Waals surface area contributed by atoms with Gasteiger partial charge in [0.2, 0.25) is 5.91 Å². The third kappa shape index (κ3) is 4.60. The van der Waals surface area contributed by atoms with Crippen LogP contribution in [0.15, 0.2) is 30.3 Å². The van der Waals surface area contributed by atoms with Gasteiger partial charge in [-0.15, -0.1) is 0 Å². The highest BCUT2D eigenvalue weighted by Crippen LogP contribution is 2.29. The number of amides is 2. The minimum Gasteiger partial charge on any atom is -0.332 e. The van der Waals surface area contributed by atoms with E-state index in [-0.39, 0.29) is 32.9 Å². The van der Waals surface area contributed by atoms with Gasteiger partial charge < -0.3 is 10.2 Å². The molecule has 0 aromatic heterocycles. The van der Waals surface area contributed by atoms with E-state index in [4.69, 9.17) is 34.8 Å². The summed E-state index contributed by atoms with van der Waals surface area (Å²) in [4.78, 5) is 25.3. The Bertz CT molecular complexity index is 826. The van der Waals surface area contributed by atoms with Crippen molar-refractivity contribution in [2.24, 2.45) is 0 Å². The summed E-state index contributed by atoms with van der Waals surface area (Å²) in [5.74, 6) is -3.71. The molecule has 0 bridgehead atoms. The van der Waals surface area contributed by atoms with Gasteiger partial charge in [-0.05, 0) is 24.3 Å². The largest absolute Gasteiger partial charge is 0.332 e. The summed E-state index contributed by atoms with van der Waals surface area (Å²) < 4.78 is 26.4. The minimum atomic E-state index is -1.21. The lowest BCUT2D eigenvalue weighted by Crippen LogP contribution is -2.35. The lowest BCUT2D eigenvalue weighted by atomic mass is 10.2. The van der Waals surface area contributed by atoms with E-state index >= 15 is 0 Å². The van der Waals surface area contributed by atoms with Gasteiger partial charge in [0.1, 0.15) is 0 Å². The SMILES string of the molecule is CN(CC(=O)Nc1c(Cl)cccc1Cl)C(=O)c1cc(F)c(F)cc1Cl. The summed E-state index contributed by atoms with van der Waals surface area (Å²) in [5, 5.41) is 2.70. The number of anilines is 1. The van der Waals surface area contributed by atoms with Gasteiger partial charge in [-0.1, -0.05) is 40.9 Å². The molecule has 0 aliphatic rings. The van der Waals surface area contributed by atoms with Crippen LogP contribution in [-0.2, 0) is 4.79 Å². The molecule has 0 heterocycles. The number of halogens is 5. The standard InChI is InChI=1S/C16H11Cl3F2N2O2/c1-23(16(25)8-5-12(20)13(21)6-11(8)19)7-14(24)22-15-9(17)3-2-4-10(15)18/h2-6H,7H2,1H3,(H,22,24). The molecular formula is C16H11Cl3F2N2O2. The molecule has 2 aromatic rings. The fraction of sp³-hybridized carbons (Fsp3) is 0.125. The molecule has 0 saturated heterocycles. The highest BCUT2D eigenvalue weighted by atomic mass is 35.5. The Morgan fingerprint density at radius 3 is 2.20 bits per heavy atom. The van der Waals surface area contributed by atoms with Gasteiger partial charge in [-0.2, -0.15) is 0 Å². The molecule has 2 amide bonds. The number of nitrogens with one attached hydrogen (secondary N) is 1. The summed E-state index contributed by atoms with van der Waals surface area (Å²) in [6.07, 6.45) is 0. The summed E-state index contributed by atoms with van der Waals surface area (Å²) in [6, 6.07) is 6.07. The molecule has 0 aliphatic carbocycles. The zero-order valence-electron chi connectivity index (χ0n) is 12.7. The Kier molecular flexibility index (Phi) is 6.21. The van der Waals surface area contributed by atoms with Crippen molar-refractivity contribution in [2.75, 3.05) is 18.9 Å². The molecule has 0 atom stereocenters. The molecular weight excluding hydrogens is 397 g/mol. The zero-order valence-corrected chi connectivity index (χ0v) is 15.0. The van der Waals surface area contributed by atoms with Crippen molar-refractivity contribution in [3.63, 3.8) is 0 Å². The van der Waals surface area contributed by atoms with E-state index in [1.165, 1.54) is 7.05 Å². The number of likely N-dealkylation sites (N-methyl/N-ethyl adjacent to an activating group) is 1. The number of rotatable bonds is 4. The fourth-order valence-electron chi connectivity index (χ4n) is 1.98. The van der Waals surface area contributed by atoms with E-state index in [0.29, 0.717) is 12.1 Å². The summed E-state index contributed by atoms with van der Waals surface area (Å²) in [5.41, 5.74) is -0.0471. The third-order valence-electron chi connectivity index (χ3n) is 3.20. The van der Waals surface area contributed by atoms with Crippen molar-refractivity contribution < 1.29 is 18.4 Å². The lowest BCUT2D eigenvalue weighted by Gasteiger charge is -2.18. The second kappa shape index (κ2) is 7.99. The van der Waals surface area contributed by atoms with Crippen molar-refractivity contribution in [2.45, 2.75) is 0 Å². The highest BCUT2D eigenvalue weighted by Gasteiger charge is 2.21. The maximum absolute atomic E-state index is 13.3.